The number of carbonyl (C=O) groups excluding carboxylic acids is 1. The maximum absolute atomic E-state index is 12.4. The van der Waals surface area contributed by atoms with Crippen LogP contribution in [0.5, 0.6) is 0 Å². The molecule has 7 nitrogen and oxygen atoms in total. The van der Waals surface area contributed by atoms with Gasteiger partial charge in [0.25, 0.3) is 11.5 Å². The minimum absolute atomic E-state index is 0.117. The third-order valence-corrected chi connectivity index (χ3v) is 4.83. The van der Waals surface area contributed by atoms with E-state index in [4.69, 9.17) is 4.74 Å². The van der Waals surface area contributed by atoms with Crippen LogP contribution in [-0.2, 0) is 18.8 Å². The van der Waals surface area contributed by atoms with E-state index in [-0.39, 0.29) is 17.2 Å². The molecular formula is C13H15N3O4S. The minimum Gasteiger partial charge on any atom is -0.378 e. The fraction of sp³-hybridized carbons (Fsp3) is 0.462. The molecule has 0 aliphatic carbocycles. The Labute approximate surface area is 124 Å². The predicted octanol–water partition coefficient (Wildman–Crippen LogP) is -0.229. The van der Waals surface area contributed by atoms with Crippen LogP contribution < -0.4 is 11.2 Å². The highest BCUT2D eigenvalue weighted by molar-refractivity contribution is 7.20. The number of carbonyl (C=O) groups is 1. The number of hydrogen-bond acceptors (Lipinski definition) is 5. The monoisotopic (exact) mass is 309 g/mol. The van der Waals surface area contributed by atoms with Crippen molar-refractivity contribution < 1.29 is 9.53 Å². The molecule has 1 saturated heterocycles. The number of hydrogen-bond donors (Lipinski definition) is 0. The quantitative estimate of drug-likeness (QED) is 0.729. The van der Waals surface area contributed by atoms with Gasteiger partial charge < -0.3 is 9.64 Å². The van der Waals surface area contributed by atoms with Crippen LogP contribution in [0.1, 0.15) is 9.67 Å². The smallest absolute Gasteiger partial charge is 0.331 e. The summed E-state index contributed by atoms with van der Waals surface area (Å²) in [5, 5.41) is 0.404. The number of fused-ring (bicyclic) bond motifs is 1. The number of amides is 1. The van der Waals surface area contributed by atoms with Gasteiger partial charge >= 0.3 is 5.69 Å². The highest BCUT2D eigenvalue weighted by Crippen LogP contribution is 2.23. The molecule has 0 N–H and O–H groups in total. The largest absolute Gasteiger partial charge is 0.378 e. The number of nitrogens with zero attached hydrogens (tertiary/aromatic N) is 3. The molecule has 0 bridgehead atoms. The molecule has 112 valence electrons. The molecule has 0 radical (unpaired) electrons. The Bertz CT molecular complexity index is 826. The van der Waals surface area contributed by atoms with Crippen molar-refractivity contribution in [3.8, 4) is 0 Å². The lowest BCUT2D eigenvalue weighted by molar-refractivity contribution is 0.0306. The van der Waals surface area contributed by atoms with Crippen molar-refractivity contribution in [2.75, 3.05) is 26.3 Å². The molecule has 0 spiro atoms. The van der Waals surface area contributed by atoms with Crippen LogP contribution >= 0.6 is 11.3 Å². The molecule has 8 heteroatoms. The van der Waals surface area contributed by atoms with Crippen LogP contribution in [0.4, 0.5) is 0 Å². The Morgan fingerprint density at radius 2 is 1.86 bits per heavy atom. The number of thiophene rings is 1. The van der Waals surface area contributed by atoms with Crippen molar-refractivity contribution in [3.05, 3.63) is 31.8 Å². The molecule has 1 amide bonds. The van der Waals surface area contributed by atoms with E-state index in [2.05, 4.69) is 0 Å². The van der Waals surface area contributed by atoms with Crippen LogP contribution in [0.15, 0.2) is 15.7 Å². The van der Waals surface area contributed by atoms with Crippen LogP contribution in [0, 0.1) is 0 Å². The van der Waals surface area contributed by atoms with Crippen LogP contribution in [0.3, 0.4) is 0 Å². The molecule has 2 aromatic heterocycles. The second kappa shape index (κ2) is 5.12. The van der Waals surface area contributed by atoms with Crippen molar-refractivity contribution in [1.29, 1.82) is 0 Å². The Morgan fingerprint density at radius 1 is 1.19 bits per heavy atom. The van der Waals surface area contributed by atoms with E-state index < -0.39 is 0 Å². The lowest BCUT2D eigenvalue weighted by Gasteiger charge is -2.26. The first-order valence-corrected chi connectivity index (χ1v) is 7.39. The first kappa shape index (κ1) is 14.0. The number of morpholine rings is 1. The molecule has 0 aromatic carbocycles. The normalized spacial score (nSPS) is 15.6. The average Bonchev–Trinajstić information content (AvgIpc) is 2.96. The molecule has 1 aliphatic rings. The van der Waals surface area contributed by atoms with E-state index in [1.54, 1.807) is 18.0 Å². The van der Waals surface area contributed by atoms with E-state index >= 15 is 0 Å². The molecule has 0 atom stereocenters. The number of aryl methyl sites for hydroxylation is 1. The van der Waals surface area contributed by atoms with Gasteiger partial charge in [-0.25, -0.2) is 4.79 Å². The molecule has 1 aliphatic heterocycles. The zero-order valence-electron chi connectivity index (χ0n) is 11.8. The fourth-order valence-corrected chi connectivity index (χ4v) is 3.46. The molecule has 21 heavy (non-hydrogen) atoms. The molecule has 3 rings (SSSR count). The molecule has 2 aromatic rings. The molecule has 0 unspecified atom stereocenters. The summed E-state index contributed by atoms with van der Waals surface area (Å²) in [4.78, 5) is 39.2. The maximum atomic E-state index is 12.4. The summed E-state index contributed by atoms with van der Waals surface area (Å²) in [5.41, 5.74) is -0.759. The number of aromatic nitrogens is 2. The van der Waals surface area contributed by atoms with E-state index in [1.807, 2.05) is 0 Å². The number of ether oxygens (including phenoxy) is 1. The maximum Gasteiger partial charge on any atom is 0.331 e. The summed E-state index contributed by atoms with van der Waals surface area (Å²) in [7, 11) is 3.04. The van der Waals surface area contributed by atoms with Crippen molar-refractivity contribution in [1.82, 2.24) is 14.0 Å². The molecule has 3 heterocycles. The third kappa shape index (κ3) is 2.20. The lowest BCUT2D eigenvalue weighted by Crippen LogP contribution is -2.40. The summed E-state index contributed by atoms with van der Waals surface area (Å²) < 4.78 is 7.68. The van der Waals surface area contributed by atoms with Gasteiger partial charge in [0, 0.05) is 27.2 Å². The zero-order valence-corrected chi connectivity index (χ0v) is 12.6. The summed E-state index contributed by atoms with van der Waals surface area (Å²) in [5.74, 6) is -0.117. The standard InChI is InChI=1S/C13H15N3O4S/c1-14-10(17)8-7-9(21-12(8)15(2)13(14)19)11(18)16-3-5-20-6-4-16/h7H,3-6H2,1-2H3. The summed E-state index contributed by atoms with van der Waals surface area (Å²) >= 11 is 1.18. The van der Waals surface area contributed by atoms with Crippen molar-refractivity contribution in [3.63, 3.8) is 0 Å². The molecule has 0 saturated carbocycles. The van der Waals surface area contributed by atoms with E-state index in [0.29, 0.717) is 41.4 Å². The van der Waals surface area contributed by atoms with Gasteiger partial charge in [0.1, 0.15) is 4.83 Å². The fourth-order valence-electron chi connectivity index (χ4n) is 2.39. The summed E-state index contributed by atoms with van der Waals surface area (Å²) in [6.07, 6.45) is 0. The van der Waals surface area contributed by atoms with Crippen molar-refractivity contribution in [2.24, 2.45) is 14.1 Å². The third-order valence-electron chi connectivity index (χ3n) is 3.64. The van der Waals surface area contributed by atoms with Crippen LogP contribution in [0.2, 0.25) is 0 Å². The van der Waals surface area contributed by atoms with Gasteiger partial charge in [-0.1, -0.05) is 0 Å². The number of rotatable bonds is 1. The lowest BCUT2D eigenvalue weighted by atomic mass is 10.3. The topological polar surface area (TPSA) is 73.5 Å². The van der Waals surface area contributed by atoms with Gasteiger partial charge in [-0.3, -0.25) is 18.7 Å². The molecule has 1 fully saturated rings. The zero-order chi connectivity index (χ0) is 15.1. The van der Waals surface area contributed by atoms with E-state index in [0.717, 1.165) is 4.57 Å². The van der Waals surface area contributed by atoms with Crippen molar-refractivity contribution in [2.45, 2.75) is 0 Å². The van der Waals surface area contributed by atoms with Gasteiger partial charge in [0.2, 0.25) is 0 Å². The summed E-state index contributed by atoms with van der Waals surface area (Å²) in [6, 6.07) is 1.58. The Hall–Kier alpha value is -1.93. The van der Waals surface area contributed by atoms with E-state index in [1.165, 1.54) is 23.0 Å². The highest BCUT2D eigenvalue weighted by atomic mass is 32.1. The first-order valence-electron chi connectivity index (χ1n) is 6.57. The van der Waals surface area contributed by atoms with Crippen molar-refractivity contribution >= 4 is 27.5 Å². The second-order valence-electron chi connectivity index (χ2n) is 4.94. The summed E-state index contributed by atoms with van der Waals surface area (Å²) in [6.45, 7) is 2.14. The Balaban J connectivity index is 2.11. The predicted molar refractivity (Wildman–Crippen MR) is 79.0 cm³/mol. The second-order valence-corrected chi connectivity index (χ2v) is 5.97. The van der Waals surface area contributed by atoms with Crippen LogP contribution in [0.25, 0.3) is 10.2 Å². The average molecular weight is 309 g/mol. The Kier molecular flexibility index (Phi) is 3.42. The van der Waals surface area contributed by atoms with Gasteiger partial charge in [0.15, 0.2) is 0 Å². The van der Waals surface area contributed by atoms with Gasteiger partial charge in [-0.2, -0.15) is 0 Å². The highest BCUT2D eigenvalue weighted by Gasteiger charge is 2.22. The SMILES string of the molecule is Cn1c(=O)c2cc(C(=O)N3CCOCC3)sc2n(C)c1=O. The van der Waals surface area contributed by atoms with Crippen LogP contribution in [-0.4, -0.2) is 46.2 Å². The first-order chi connectivity index (χ1) is 10.0. The molecular weight excluding hydrogens is 294 g/mol. The van der Waals surface area contributed by atoms with Gasteiger partial charge in [-0.05, 0) is 6.07 Å². The Morgan fingerprint density at radius 3 is 2.52 bits per heavy atom. The minimum atomic E-state index is -0.389. The van der Waals surface area contributed by atoms with E-state index in [9.17, 15) is 14.4 Å². The van der Waals surface area contributed by atoms with Gasteiger partial charge in [-0.15, -0.1) is 11.3 Å². The van der Waals surface area contributed by atoms with Gasteiger partial charge in [0.05, 0.1) is 23.5 Å².